The van der Waals surface area contributed by atoms with Gasteiger partial charge in [0, 0.05) is 6.20 Å². The Labute approximate surface area is 90.6 Å². The van der Waals surface area contributed by atoms with Gasteiger partial charge in [-0.25, -0.2) is 9.18 Å². The third kappa shape index (κ3) is 2.95. The first-order chi connectivity index (χ1) is 7.76. The van der Waals surface area contributed by atoms with Crippen molar-refractivity contribution in [3.8, 4) is 5.88 Å². The minimum Gasteiger partial charge on any atom is -0.477 e. The third-order valence-corrected chi connectivity index (χ3v) is 1.72. The van der Waals surface area contributed by atoms with Crippen LogP contribution in [0.15, 0.2) is 11.0 Å². The van der Waals surface area contributed by atoms with Gasteiger partial charge < -0.3 is 14.8 Å². The van der Waals surface area contributed by atoms with E-state index in [4.69, 9.17) is 5.11 Å². The Morgan fingerprint density at radius 1 is 1.47 bits per heavy atom. The predicted molar refractivity (Wildman–Crippen MR) is 45.5 cm³/mol. The van der Waals surface area contributed by atoms with Crippen LogP contribution in [-0.4, -0.2) is 22.4 Å². The van der Waals surface area contributed by atoms with Gasteiger partial charge in [-0.1, -0.05) is 0 Å². The minimum absolute atomic E-state index is 0.505. The number of rotatable bonds is 3. The molecule has 1 aromatic rings. The molecule has 5 nitrogen and oxygen atoms in total. The lowest BCUT2D eigenvalue weighted by molar-refractivity contribution is -0.276. The monoisotopic (exact) mass is 255 g/mol. The number of carbonyl (C=O) groups is 1. The molecule has 0 atom stereocenters. The molecule has 9 heteroatoms. The highest BCUT2D eigenvalue weighted by Gasteiger charge is 2.33. The average molecular weight is 255 g/mol. The van der Waals surface area contributed by atoms with Crippen molar-refractivity contribution < 1.29 is 32.2 Å². The molecule has 0 saturated carbocycles. The number of H-pyrrole nitrogens is 1. The van der Waals surface area contributed by atoms with Crippen molar-refractivity contribution in [2.24, 2.45) is 0 Å². The van der Waals surface area contributed by atoms with Gasteiger partial charge in [0.2, 0.25) is 11.3 Å². The Morgan fingerprint density at radius 2 is 2.06 bits per heavy atom. The molecule has 0 aliphatic carbocycles. The van der Waals surface area contributed by atoms with Gasteiger partial charge in [-0.2, -0.15) is 0 Å². The lowest BCUT2D eigenvalue weighted by Gasteiger charge is -2.11. The molecule has 0 amide bonds. The molecular weight excluding hydrogens is 250 g/mol. The summed E-state index contributed by atoms with van der Waals surface area (Å²) >= 11 is 0. The second-order valence-electron chi connectivity index (χ2n) is 2.83. The summed E-state index contributed by atoms with van der Waals surface area (Å²) in [7, 11) is 0. The van der Waals surface area contributed by atoms with Crippen LogP contribution in [0.25, 0.3) is 0 Å². The fraction of sp³-hybridized carbons (Fsp3) is 0.250. The molecule has 0 unspecified atom stereocenters. The summed E-state index contributed by atoms with van der Waals surface area (Å²) < 4.78 is 51.4. The van der Waals surface area contributed by atoms with E-state index in [1.165, 1.54) is 0 Å². The summed E-state index contributed by atoms with van der Waals surface area (Å²) in [6, 6.07) is 0. The predicted octanol–water partition coefficient (Wildman–Crippen LogP) is 1.44. The molecule has 0 radical (unpaired) electrons. The quantitative estimate of drug-likeness (QED) is 0.801. The first kappa shape index (κ1) is 13.0. The summed E-state index contributed by atoms with van der Waals surface area (Å²) in [5.41, 5.74) is -3.26. The van der Waals surface area contributed by atoms with Crippen molar-refractivity contribution in [1.29, 1.82) is 0 Å². The van der Waals surface area contributed by atoms with Crippen LogP contribution in [-0.2, 0) is 6.67 Å². The number of halogens is 4. The molecule has 2 N–H and O–H groups in total. The lowest BCUT2D eigenvalue weighted by Crippen LogP contribution is -2.24. The van der Waals surface area contributed by atoms with E-state index in [1.807, 2.05) is 0 Å². The number of pyridine rings is 1. The van der Waals surface area contributed by atoms with Gasteiger partial charge in [-0.3, -0.25) is 4.79 Å². The Morgan fingerprint density at radius 3 is 2.47 bits per heavy atom. The van der Waals surface area contributed by atoms with E-state index in [1.54, 1.807) is 4.98 Å². The molecule has 0 spiro atoms. The second kappa shape index (κ2) is 4.44. The molecule has 17 heavy (non-hydrogen) atoms. The lowest BCUT2D eigenvalue weighted by atomic mass is 10.2. The van der Waals surface area contributed by atoms with Gasteiger partial charge in [0.05, 0.1) is 5.56 Å². The van der Waals surface area contributed by atoms with Crippen molar-refractivity contribution in [3.05, 3.63) is 27.5 Å². The fourth-order valence-corrected chi connectivity index (χ4v) is 1.04. The summed E-state index contributed by atoms with van der Waals surface area (Å²) in [4.78, 5) is 23.5. The van der Waals surface area contributed by atoms with Crippen LogP contribution >= 0.6 is 0 Å². The summed E-state index contributed by atoms with van der Waals surface area (Å²) in [5.74, 6) is -2.84. The molecule has 0 aromatic carbocycles. The topological polar surface area (TPSA) is 79.4 Å². The summed E-state index contributed by atoms with van der Waals surface area (Å²) in [5, 5.41) is 8.50. The van der Waals surface area contributed by atoms with Crippen LogP contribution < -0.4 is 10.2 Å². The zero-order chi connectivity index (χ0) is 13.2. The molecule has 0 aliphatic heterocycles. The second-order valence-corrected chi connectivity index (χ2v) is 2.83. The summed E-state index contributed by atoms with van der Waals surface area (Å²) in [6.07, 6.45) is -4.61. The van der Waals surface area contributed by atoms with E-state index in [2.05, 4.69) is 4.74 Å². The van der Waals surface area contributed by atoms with E-state index in [9.17, 15) is 27.2 Å². The number of ether oxygens (including phenoxy) is 1. The van der Waals surface area contributed by atoms with Gasteiger partial charge in [0.15, 0.2) is 0 Å². The van der Waals surface area contributed by atoms with Crippen LogP contribution in [0.1, 0.15) is 15.9 Å². The molecule has 1 heterocycles. The smallest absolute Gasteiger partial charge is 0.477 e. The molecule has 0 aliphatic rings. The Balaban J connectivity index is 3.32. The average Bonchev–Trinajstić information content (AvgIpc) is 2.15. The summed E-state index contributed by atoms with van der Waals surface area (Å²) in [6.45, 7) is -1.58. The molecule has 94 valence electrons. The van der Waals surface area contributed by atoms with Crippen LogP contribution in [0, 0.1) is 0 Å². The first-order valence-corrected chi connectivity index (χ1v) is 4.06. The first-order valence-electron chi connectivity index (χ1n) is 4.06. The highest BCUT2D eigenvalue weighted by atomic mass is 19.4. The number of hydrogen-bond acceptors (Lipinski definition) is 3. The zero-order valence-corrected chi connectivity index (χ0v) is 7.97. The highest BCUT2D eigenvalue weighted by Crippen LogP contribution is 2.23. The van der Waals surface area contributed by atoms with Crippen molar-refractivity contribution in [3.63, 3.8) is 0 Å². The van der Waals surface area contributed by atoms with E-state index in [-0.39, 0.29) is 0 Å². The largest absolute Gasteiger partial charge is 0.574 e. The Bertz CT molecular complexity index is 493. The molecule has 1 aromatic heterocycles. The van der Waals surface area contributed by atoms with Crippen LogP contribution in [0.3, 0.4) is 0 Å². The van der Waals surface area contributed by atoms with Gasteiger partial charge in [-0.15, -0.1) is 13.2 Å². The van der Waals surface area contributed by atoms with Gasteiger partial charge in [-0.05, 0) is 0 Å². The third-order valence-electron chi connectivity index (χ3n) is 1.72. The maximum Gasteiger partial charge on any atom is 0.574 e. The van der Waals surface area contributed by atoms with E-state index in [0.29, 0.717) is 6.20 Å². The van der Waals surface area contributed by atoms with Crippen molar-refractivity contribution in [2.75, 3.05) is 0 Å². The number of aromatic nitrogens is 1. The van der Waals surface area contributed by atoms with Gasteiger partial charge in [0.25, 0.3) is 0 Å². The number of nitrogens with one attached hydrogen (secondary N) is 1. The molecular formula is C8H5F4NO4. The number of aromatic amines is 1. The fourth-order valence-electron chi connectivity index (χ4n) is 1.04. The number of hydrogen-bond donors (Lipinski definition) is 2. The van der Waals surface area contributed by atoms with E-state index >= 15 is 0 Å². The number of carboxylic acid groups (broad SMARTS) is 1. The van der Waals surface area contributed by atoms with Crippen LogP contribution in [0.2, 0.25) is 0 Å². The SMILES string of the molecule is O=C(O)c1c[nH]c(OC(F)(F)F)c(CF)c1=O. The number of alkyl halides is 4. The number of aromatic carboxylic acids is 1. The van der Waals surface area contributed by atoms with Crippen LogP contribution in [0.5, 0.6) is 5.88 Å². The molecule has 0 bridgehead atoms. The van der Waals surface area contributed by atoms with E-state index in [0.717, 1.165) is 0 Å². The van der Waals surface area contributed by atoms with E-state index < -0.39 is 41.4 Å². The number of carboxylic acids is 1. The van der Waals surface area contributed by atoms with Gasteiger partial charge in [0.1, 0.15) is 12.2 Å². The van der Waals surface area contributed by atoms with Crippen molar-refractivity contribution in [1.82, 2.24) is 4.98 Å². The maximum atomic E-state index is 12.4. The Kier molecular flexibility index (Phi) is 3.39. The minimum atomic E-state index is -5.11. The Hall–Kier alpha value is -2.06. The van der Waals surface area contributed by atoms with Crippen LogP contribution in [0.4, 0.5) is 17.6 Å². The van der Waals surface area contributed by atoms with Crippen molar-refractivity contribution >= 4 is 5.97 Å². The van der Waals surface area contributed by atoms with Crippen molar-refractivity contribution in [2.45, 2.75) is 13.0 Å². The zero-order valence-electron chi connectivity index (χ0n) is 7.97. The van der Waals surface area contributed by atoms with Gasteiger partial charge >= 0.3 is 12.3 Å². The normalized spacial score (nSPS) is 11.3. The molecule has 0 saturated heterocycles. The highest BCUT2D eigenvalue weighted by molar-refractivity contribution is 5.87. The standard InChI is InChI=1S/C8H5F4NO4/c9-1-3-5(14)4(7(15)16)2-13-6(3)17-8(10,11)12/h2H,1H2,(H,13,14)(H,15,16). The molecule has 0 fully saturated rings. The maximum absolute atomic E-state index is 12.4. The molecule has 1 rings (SSSR count).